The van der Waals surface area contributed by atoms with Crippen LogP contribution in [0.15, 0.2) is 52.1 Å². The quantitative estimate of drug-likeness (QED) is 0.416. The lowest BCUT2D eigenvalue weighted by Gasteiger charge is -2.03. The highest BCUT2D eigenvalue weighted by atomic mass is 35.5. The van der Waals surface area contributed by atoms with Gasteiger partial charge in [0.25, 0.3) is 10.9 Å². The van der Waals surface area contributed by atoms with E-state index in [2.05, 4.69) is 10.3 Å². The van der Waals surface area contributed by atoms with Crippen molar-refractivity contribution in [3.63, 3.8) is 0 Å². The maximum Gasteiger partial charge on any atom is 0.269 e. The average molecular weight is 364 g/mol. The number of amides is 1. The molecule has 1 aromatic heterocycles. The van der Waals surface area contributed by atoms with Gasteiger partial charge in [-0.15, -0.1) is 0 Å². The molecule has 2 aromatic carbocycles. The number of rotatable bonds is 5. The van der Waals surface area contributed by atoms with Gasteiger partial charge in [-0.2, -0.15) is 0 Å². The van der Waals surface area contributed by atoms with Gasteiger partial charge in [0, 0.05) is 28.9 Å². The van der Waals surface area contributed by atoms with Crippen molar-refractivity contribution in [3.05, 3.63) is 57.6 Å². The number of hydrogen-bond acceptors (Lipinski definition) is 6. The summed E-state index contributed by atoms with van der Waals surface area (Å²) < 4.78 is 5.50. The van der Waals surface area contributed by atoms with Crippen LogP contribution in [-0.4, -0.2) is 21.6 Å². The van der Waals surface area contributed by atoms with E-state index in [9.17, 15) is 14.9 Å². The fourth-order valence-electron chi connectivity index (χ4n) is 1.93. The number of non-ortho nitro benzene ring substituents is 1. The number of nitrogens with zero attached hydrogens (tertiary/aromatic N) is 2. The highest BCUT2D eigenvalue weighted by Crippen LogP contribution is 2.25. The Bertz CT molecular complexity index is 911. The van der Waals surface area contributed by atoms with Crippen LogP contribution in [0.2, 0.25) is 5.02 Å². The van der Waals surface area contributed by atoms with Crippen LogP contribution in [0.5, 0.6) is 0 Å². The number of oxazole rings is 1. The Hall–Kier alpha value is -2.58. The molecule has 0 saturated heterocycles. The molecule has 0 saturated carbocycles. The first-order valence-corrected chi connectivity index (χ1v) is 8.11. The Balaban J connectivity index is 1.59. The summed E-state index contributed by atoms with van der Waals surface area (Å²) in [6, 6.07) is 10.7. The van der Waals surface area contributed by atoms with Crippen molar-refractivity contribution in [1.82, 2.24) is 4.98 Å². The molecule has 1 heterocycles. The number of hydrogen-bond donors (Lipinski definition) is 1. The molecule has 0 fully saturated rings. The van der Waals surface area contributed by atoms with E-state index in [1.807, 2.05) is 0 Å². The monoisotopic (exact) mass is 363 g/mol. The second-order valence-electron chi connectivity index (χ2n) is 4.73. The predicted molar refractivity (Wildman–Crippen MR) is 91.5 cm³/mol. The molecule has 9 heteroatoms. The zero-order valence-electron chi connectivity index (χ0n) is 12.1. The summed E-state index contributed by atoms with van der Waals surface area (Å²) in [5.74, 6) is -0.175. The van der Waals surface area contributed by atoms with Crippen molar-refractivity contribution in [2.45, 2.75) is 5.22 Å². The SMILES string of the molecule is O=C(CSc1nc2ccc(Cl)cc2o1)Nc1ccc([N+](=O)[O-])cc1. The number of aromatic nitrogens is 1. The van der Waals surface area contributed by atoms with E-state index in [1.54, 1.807) is 18.2 Å². The summed E-state index contributed by atoms with van der Waals surface area (Å²) in [5, 5.41) is 14.1. The highest BCUT2D eigenvalue weighted by molar-refractivity contribution is 7.99. The zero-order valence-corrected chi connectivity index (χ0v) is 13.6. The van der Waals surface area contributed by atoms with Crippen LogP contribution >= 0.6 is 23.4 Å². The number of benzene rings is 2. The molecular weight excluding hydrogens is 354 g/mol. The second-order valence-corrected chi connectivity index (χ2v) is 6.10. The molecular formula is C15H10ClN3O4S. The Morgan fingerprint density at radius 1 is 1.29 bits per heavy atom. The van der Waals surface area contributed by atoms with Crippen LogP contribution in [0.1, 0.15) is 0 Å². The van der Waals surface area contributed by atoms with Crippen LogP contribution in [-0.2, 0) is 4.79 Å². The Labute approximate surface area is 145 Å². The number of anilines is 1. The minimum atomic E-state index is -0.499. The molecule has 24 heavy (non-hydrogen) atoms. The van der Waals surface area contributed by atoms with Gasteiger partial charge < -0.3 is 9.73 Å². The molecule has 0 unspecified atom stereocenters. The van der Waals surface area contributed by atoms with Crippen LogP contribution in [0.3, 0.4) is 0 Å². The summed E-state index contributed by atoms with van der Waals surface area (Å²) in [7, 11) is 0. The first-order valence-electron chi connectivity index (χ1n) is 6.74. The summed E-state index contributed by atoms with van der Waals surface area (Å²) in [5.41, 5.74) is 1.67. The van der Waals surface area contributed by atoms with Gasteiger partial charge in [0.15, 0.2) is 5.58 Å². The van der Waals surface area contributed by atoms with Crippen molar-refractivity contribution >= 4 is 51.7 Å². The fourth-order valence-corrected chi connectivity index (χ4v) is 2.73. The third kappa shape index (κ3) is 3.84. The number of nitro benzene ring substituents is 1. The van der Waals surface area contributed by atoms with Crippen molar-refractivity contribution < 1.29 is 14.1 Å². The second kappa shape index (κ2) is 6.90. The number of thioether (sulfide) groups is 1. The molecule has 3 aromatic rings. The van der Waals surface area contributed by atoms with Crippen molar-refractivity contribution in [2.24, 2.45) is 0 Å². The molecule has 3 rings (SSSR count). The molecule has 0 bridgehead atoms. The normalized spacial score (nSPS) is 10.7. The first-order chi connectivity index (χ1) is 11.5. The van der Waals surface area contributed by atoms with Crippen molar-refractivity contribution in [2.75, 3.05) is 11.1 Å². The van der Waals surface area contributed by atoms with Crippen LogP contribution in [0.25, 0.3) is 11.1 Å². The maximum absolute atomic E-state index is 11.9. The number of nitro groups is 1. The lowest BCUT2D eigenvalue weighted by atomic mass is 10.3. The van der Waals surface area contributed by atoms with Gasteiger partial charge >= 0.3 is 0 Å². The summed E-state index contributed by atoms with van der Waals surface area (Å²) in [6.45, 7) is 0. The van der Waals surface area contributed by atoms with Crippen molar-refractivity contribution in [3.8, 4) is 0 Å². The van der Waals surface area contributed by atoms with E-state index in [0.29, 0.717) is 27.0 Å². The van der Waals surface area contributed by atoms with E-state index >= 15 is 0 Å². The Morgan fingerprint density at radius 2 is 2.04 bits per heavy atom. The fraction of sp³-hybridized carbons (Fsp3) is 0.0667. The minimum Gasteiger partial charge on any atom is -0.431 e. The summed E-state index contributed by atoms with van der Waals surface area (Å²) in [6.07, 6.45) is 0. The van der Waals surface area contributed by atoms with E-state index in [-0.39, 0.29) is 17.3 Å². The molecule has 0 radical (unpaired) electrons. The standard InChI is InChI=1S/C15H10ClN3O4S/c16-9-1-6-12-13(7-9)23-15(18-12)24-8-14(20)17-10-2-4-11(5-3-10)19(21)22/h1-7H,8H2,(H,17,20). The number of halogens is 1. The molecule has 0 aliphatic heterocycles. The zero-order chi connectivity index (χ0) is 17.1. The van der Waals surface area contributed by atoms with Crippen LogP contribution < -0.4 is 5.32 Å². The summed E-state index contributed by atoms with van der Waals surface area (Å²) in [4.78, 5) is 26.2. The van der Waals surface area contributed by atoms with Gasteiger partial charge in [-0.1, -0.05) is 23.4 Å². The van der Waals surface area contributed by atoms with Gasteiger partial charge in [-0.25, -0.2) is 4.98 Å². The Morgan fingerprint density at radius 3 is 2.75 bits per heavy atom. The number of carbonyl (C=O) groups is 1. The van der Waals surface area contributed by atoms with Gasteiger partial charge in [-0.05, 0) is 24.3 Å². The lowest BCUT2D eigenvalue weighted by Crippen LogP contribution is -2.13. The van der Waals surface area contributed by atoms with Crippen molar-refractivity contribution in [1.29, 1.82) is 0 Å². The first kappa shape index (κ1) is 16.3. The molecule has 122 valence electrons. The average Bonchev–Trinajstić information content (AvgIpc) is 2.95. The number of carbonyl (C=O) groups excluding carboxylic acids is 1. The van der Waals surface area contributed by atoms with Crippen LogP contribution in [0.4, 0.5) is 11.4 Å². The number of nitrogens with one attached hydrogen (secondary N) is 1. The third-order valence-corrected chi connectivity index (χ3v) is 4.08. The van der Waals surface area contributed by atoms with Crippen LogP contribution in [0, 0.1) is 10.1 Å². The Kier molecular flexibility index (Phi) is 4.68. The van der Waals surface area contributed by atoms with E-state index in [1.165, 1.54) is 24.3 Å². The molecule has 0 aliphatic rings. The largest absolute Gasteiger partial charge is 0.431 e. The van der Waals surface area contributed by atoms with Gasteiger partial charge in [-0.3, -0.25) is 14.9 Å². The molecule has 0 atom stereocenters. The van der Waals surface area contributed by atoms with E-state index in [0.717, 1.165) is 11.8 Å². The number of fused-ring (bicyclic) bond motifs is 1. The minimum absolute atomic E-state index is 0.0347. The predicted octanol–water partition coefficient (Wildman–Crippen LogP) is 4.12. The maximum atomic E-state index is 11.9. The van der Waals surface area contributed by atoms with E-state index in [4.69, 9.17) is 16.0 Å². The van der Waals surface area contributed by atoms with Gasteiger partial charge in [0.05, 0.1) is 10.7 Å². The van der Waals surface area contributed by atoms with E-state index < -0.39 is 4.92 Å². The molecule has 1 N–H and O–H groups in total. The topological polar surface area (TPSA) is 98.3 Å². The smallest absolute Gasteiger partial charge is 0.269 e. The lowest BCUT2D eigenvalue weighted by molar-refractivity contribution is -0.384. The van der Waals surface area contributed by atoms with Gasteiger partial charge in [0.2, 0.25) is 5.91 Å². The summed E-state index contributed by atoms with van der Waals surface area (Å²) >= 11 is 7.02. The molecule has 1 amide bonds. The van der Waals surface area contributed by atoms with Gasteiger partial charge in [0.1, 0.15) is 5.52 Å². The highest BCUT2D eigenvalue weighted by Gasteiger charge is 2.11. The third-order valence-electron chi connectivity index (χ3n) is 3.02. The molecule has 0 aliphatic carbocycles. The molecule has 7 nitrogen and oxygen atoms in total. The molecule has 0 spiro atoms.